The number of carbonyl (C=O) groups excluding carboxylic acids is 2. The first kappa shape index (κ1) is 29.1. The van der Waals surface area contributed by atoms with Crippen LogP contribution in [0.25, 0.3) is 23.0 Å². The first-order chi connectivity index (χ1) is 20.7. The van der Waals surface area contributed by atoms with Crippen molar-refractivity contribution < 1.29 is 19.1 Å². The van der Waals surface area contributed by atoms with E-state index in [4.69, 9.17) is 14.6 Å². The molecule has 0 saturated carbocycles. The molecule has 0 atom stereocenters. The Labute approximate surface area is 251 Å². The summed E-state index contributed by atoms with van der Waals surface area (Å²) in [4.78, 5) is 28.3. The predicted octanol–water partition coefficient (Wildman–Crippen LogP) is 6.44. The minimum atomic E-state index is -0.616. The summed E-state index contributed by atoms with van der Waals surface area (Å²) in [7, 11) is 1.57. The minimum Gasteiger partial charge on any atom is -0.497 e. The molecule has 0 spiro atoms. The fraction of sp³-hybridized carbons (Fsp3) is 0.200. The average Bonchev–Trinajstić information content (AvgIpc) is 3.42. The second-order valence-electron chi connectivity index (χ2n) is 10.6. The zero-order valence-corrected chi connectivity index (χ0v) is 24.8. The molecule has 0 bridgehead atoms. The molecule has 5 rings (SSSR count). The van der Waals surface area contributed by atoms with Crippen LogP contribution in [0.1, 0.15) is 37.5 Å². The zero-order valence-electron chi connectivity index (χ0n) is 24.8. The van der Waals surface area contributed by atoms with Crippen LogP contribution in [-0.2, 0) is 16.1 Å². The molecule has 8 nitrogen and oxygen atoms in total. The lowest BCUT2D eigenvalue weighted by Gasteiger charge is -2.27. The Kier molecular flexibility index (Phi) is 8.26. The van der Waals surface area contributed by atoms with E-state index in [1.807, 2.05) is 81.6 Å². The largest absolute Gasteiger partial charge is 0.497 e. The Bertz CT molecular complexity index is 1790. The maximum absolute atomic E-state index is 13.9. The number of hydrogen-bond donors (Lipinski definition) is 0. The smallest absolute Gasteiger partial charge is 0.271 e. The van der Waals surface area contributed by atoms with E-state index in [1.165, 1.54) is 0 Å². The number of rotatable bonds is 8. The van der Waals surface area contributed by atoms with E-state index in [9.17, 15) is 14.9 Å². The Hall–Kier alpha value is -5.42. The van der Waals surface area contributed by atoms with Crippen LogP contribution in [0, 0.1) is 18.3 Å². The standard InChI is InChI=1S/C35H32N4O4/c1-22(2)43-29-15-16-30(23(3)17-29)33-26(21-39(37-33)27-9-7-6-8-10-27)18-31-24(4)32(19-36)35(41)38(34(31)40)20-25-11-13-28(42-5)14-12-25/h6-18,21-22H,20H2,1-5H3/b31-18+. The number of ether oxygens (including phenoxy) is 2. The van der Waals surface area contributed by atoms with Crippen molar-refractivity contribution in [1.29, 1.82) is 5.26 Å². The molecule has 0 radical (unpaired) electrons. The van der Waals surface area contributed by atoms with Gasteiger partial charge in [0.05, 0.1) is 25.4 Å². The fourth-order valence-electron chi connectivity index (χ4n) is 5.00. The zero-order chi connectivity index (χ0) is 30.7. The number of para-hydroxylation sites is 1. The van der Waals surface area contributed by atoms with E-state index < -0.39 is 11.8 Å². The molecule has 4 aromatic rings. The fourth-order valence-corrected chi connectivity index (χ4v) is 5.00. The molecule has 2 heterocycles. The van der Waals surface area contributed by atoms with Crippen LogP contribution in [0.3, 0.4) is 0 Å². The maximum Gasteiger partial charge on any atom is 0.271 e. The first-order valence-electron chi connectivity index (χ1n) is 13.9. The number of hydrogen-bond acceptors (Lipinski definition) is 6. The lowest BCUT2D eigenvalue weighted by molar-refractivity contribution is -0.141. The van der Waals surface area contributed by atoms with Crippen molar-refractivity contribution in [3.8, 4) is 34.5 Å². The highest BCUT2D eigenvalue weighted by Gasteiger charge is 2.36. The summed E-state index contributed by atoms with van der Waals surface area (Å²) in [6, 6.07) is 24.6. The van der Waals surface area contributed by atoms with E-state index in [2.05, 4.69) is 0 Å². The van der Waals surface area contributed by atoms with Gasteiger partial charge in [-0.25, -0.2) is 4.68 Å². The lowest BCUT2D eigenvalue weighted by Crippen LogP contribution is -2.42. The van der Waals surface area contributed by atoms with Gasteiger partial charge in [-0.2, -0.15) is 10.4 Å². The van der Waals surface area contributed by atoms with Gasteiger partial charge in [-0.15, -0.1) is 0 Å². The first-order valence-corrected chi connectivity index (χ1v) is 13.9. The highest BCUT2D eigenvalue weighted by molar-refractivity contribution is 6.19. The van der Waals surface area contributed by atoms with Crippen molar-refractivity contribution in [3.63, 3.8) is 0 Å². The number of aryl methyl sites for hydroxylation is 1. The van der Waals surface area contributed by atoms with Crippen molar-refractivity contribution in [2.24, 2.45) is 0 Å². The van der Waals surface area contributed by atoms with Gasteiger partial charge in [-0.1, -0.05) is 30.3 Å². The molecule has 3 aromatic carbocycles. The molecular weight excluding hydrogens is 540 g/mol. The summed E-state index contributed by atoms with van der Waals surface area (Å²) < 4.78 is 12.9. The quantitative estimate of drug-likeness (QED) is 0.178. The molecule has 0 N–H and O–H groups in total. The molecule has 1 aliphatic heterocycles. The molecule has 0 fully saturated rings. The molecule has 2 amide bonds. The monoisotopic (exact) mass is 572 g/mol. The highest BCUT2D eigenvalue weighted by atomic mass is 16.5. The van der Waals surface area contributed by atoms with Gasteiger partial charge in [0, 0.05) is 22.9 Å². The summed E-state index contributed by atoms with van der Waals surface area (Å²) in [6.45, 7) is 7.59. The van der Waals surface area contributed by atoms with Crippen LogP contribution < -0.4 is 9.47 Å². The maximum atomic E-state index is 13.9. The minimum absolute atomic E-state index is 0.0179. The van der Waals surface area contributed by atoms with Crippen LogP contribution in [0.5, 0.6) is 11.5 Å². The summed E-state index contributed by atoms with van der Waals surface area (Å²) in [5.74, 6) is 0.324. The van der Waals surface area contributed by atoms with Crippen LogP contribution in [0.2, 0.25) is 0 Å². The summed E-state index contributed by atoms with van der Waals surface area (Å²) in [5.41, 5.74) is 5.25. The third kappa shape index (κ3) is 5.97. The van der Waals surface area contributed by atoms with Crippen LogP contribution in [0.4, 0.5) is 0 Å². The van der Waals surface area contributed by atoms with E-state index >= 15 is 0 Å². The molecular formula is C35H32N4O4. The van der Waals surface area contributed by atoms with Gasteiger partial charge >= 0.3 is 0 Å². The van der Waals surface area contributed by atoms with Crippen molar-refractivity contribution >= 4 is 17.9 Å². The van der Waals surface area contributed by atoms with Gasteiger partial charge in [-0.05, 0) is 92.9 Å². The number of imide groups is 1. The molecule has 216 valence electrons. The van der Waals surface area contributed by atoms with E-state index in [0.717, 1.165) is 33.0 Å². The normalized spacial score (nSPS) is 14.4. The third-order valence-electron chi connectivity index (χ3n) is 7.21. The van der Waals surface area contributed by atoms with Gasteiger partial charge in [0.15, 0.2) is 0 Å². The van der Waals surface area contributed by atoms with Crippen LogP contribution in [0.15, 0.2) is 95.7 Å². The molecule has 0 saturated heterocycles. The van der Waals surface area contributed by atoms with Gasteiger partial charge < -0.3 is 9.47 Å². The SMILES string of the molecule is COc1ccc(CN2C(=O)C(C#N)=C(C)/C(=C\c3cn(-c4ccccc4)nc3-c3ccc(OC(C)C)cc3C)C2=O)cc1. The van der Waals surface area contributed by atoms with Gasteiger partial charge in [0.2, 0.25) is 0 Å². The second-order valence-corrected chi connectivity index (χ2v) is 10.6. The van der Waals surface area contributed by atoms with E-state index in [1.54, 1.807) is 49.1 Å². The van der Waals surface area contributed by atoms with Crippen LogP contribution >= 0.6 is 0 Å². The van der Waals surface area contributed by atoms with Crippen LogP contribution in [-0.4, -0.2) is 39.7 Å². The Morgan fingerprint density at radius 1 is 0.953 bits per heavy atom. The second kappa shape index (κ2) is 12.2. The predicted molar refractivity (Wildman–Crippen MR) is 164 cm³/mol. The highest BCUT2D eigenvalue weighted by Crippen LogP contribution is 2.34. The molecule has 43 heavy (non-hydrogen) atoms. The number of benzene rings is 3. The van der Waals surface area contributed by atoms with E-state index in [0.29, 0.717) is 22.6 Å². The summed E-state index contributed by atoms with van der Waals surface area (Å²) >= 11 is 0. The third-order valence-corrected chi connectivity index (χ3v) is 7.21. The molecule has 8 heteroatoms. The number of carbonyl (C=O) groups is 2. The Balaban J connectivity index is 1.63. The number of aromatic nitrogens is 2. The number of nitrogens with zero attached hydrogens (tertiary/aromatic N) is 4. The number of methoxy groups -OCH3 is 1. The van der Waals surface area contributed by atoms with Crippen molar-refractivity contribution in [2.75, 3.05) is 7.11 Å². The number of nitriles is 1. The van der Waals surface area contributed by atoms with Gasteiger partial charge in [0.1, 0.15) is 28.8 Å². The van der Waals surface area contributed by atoms with Gasteiger partial charge in [-0.3, -0.25) is 14.5 Å². The molecule has 0 unspecified atom stereocenters. The van der Waals surface area contributed by atoms with Crippen molar-refractivity contribution in [2.45, 2.75) is 40.3 Å². The molecule has 1 aromatic heterocycles. The number of amides is 2. The van der Waals surface area contributed by atoms with Gasteiger partial charge in [0.25, 0.3) is 11.8 Å². The van der Waals surface area contributed by atoms with Crippen molar-refractivity contribution in [1.82, 2.24) is 14.7 Å². The lowest BCUT2D eigenvalue weighted by atomic mass is 9.92. The summed E-state index contributed by atoms with van der Waals surface area (Å²) in [6.07, 6.45) is 3.61. The van der Waals surface area contributed by atoms with E-state index in [-0.39, 0.29) is 23.8 Å². The Morgan fingerprint density at radius 3 is 2.28 bits per heavy atom. The van der Waals surface area contributed by atoms with Crippen molar-refractivity contribution in [3.05, 3.63) is 112 Å². The average molecular weight is 573 g/mol. The topological polar surface area (TPSA) is 97.5 Å². The molecule has 0 aliphatic carbocycles. The molecule has 1 aliphatic rings. The summed E-state index contributed by atoms with van der Waals surface area (Å²) in [5, 5.41) is 14.8. The Morgan fingerprint density at radius 2 is 1.65 bits per heavy atom.